The van der Waals surface area contributed by atoms with Crippen molar-refractivity contribution >= 4 is 0 Å². The molecular formula is C17H35N3. The number of hydrogen-bond acceptors (Lipinski definition) is 3. The van der Waals surface area contributed by atoms with Gasteiger partial charge < -0.3 is 10.2 Å². The van der Waals surface area contributed by atoms with Crippen LogP contribution in [0, 0.1) is 11.3 Å². The number of nitrogens with one attached hydrogen (secondary N) is 1. The Morgan fingerprint density at radius 1 is 0.900 bits per heavy atom. The Kier molecular flexibility index (Phi) is 5.14. The summed E-state index contributed by atoms with van der Waals surface area (Å²) in [5, 5.41) is 3.46. The standard InChI is InChI=1S/C17H35N3/c1-16(2,3)15-6-10-19(11-7-15)14-17(4,5)20-12-8-18-9-13-20/h15,18H,6-14H2,1-5H3. The molecule has 3 nitrogen and oxygen atoms in total. The van der Waals surface area contributed by atoms with Crippen molar-refractivity contribution < 1.29 is 0 Å². The van der Waals surface area contributed by atoms with Gasteiger partial charge in [0, 0.05) is 38.3 Å². The molecule has 118 valence electrons. The molecule has 3 heteroatoms. The van der Waals surface area contributed by atoms with Crippen LogP contribution >= 0.6 is 0 Å². The second kappa shape index (κ2) is 6.33. The summed E-state index contributed by atoms with van der Waals surface area (Å²) in [5.74, 6) is 0.904. The summed E-state index contributed by atoms with van der Waals surface area (Å²) in [6, 6.07) is 0. The van der Waals surface area contributed by atoms with E-state index in [-0.39, 0.29) is 0 Å². The Labute approximate surface area is 126 Å². The zero-order valence-electron chi connectivity index (χ0n) is 14.3. The van der Waals surface area contributed by atoms with E-state index in [2.05, 4.69) is 49.7 Å². The average molecular weight is 281 g/mol. The minimum absolute atomic E-state index is 0.316. The lowest BCUT2D eigenvalue weighted by Gasteiger charge is -2.46. The molecule has 0 aromatic heterocycles. The highest BCUT2D eigenvalue weighted by molar-refractivity contribution is 4.90. The highest BCUT2D eigenvalue weighted by Gasteiger charge is 2.33. The SMILES string of the molecule is CC(C)(C)C1CCN(CC(C)(C)N2CCNCC2)CC1. The minimum Gasteiger partial charge on any atom is -0.314 e. The fourth-order valence-corrected chi connectivity index (χ4v) is 3.87. The number of likely N-dealkylation sites (tertiary alicyclic amines) is 1. The van der Waals surface area contributed by atoms with Gasteiger partial charge in [0.15, 0.2) is 0 Å². The summed E-state index contributed by atoms with van der Waals surface area (Å²) in [6.07, 6.45) is 2.75. The summed E-state index contributed by atoms with van der Waals surface area (Å²) >= 11 is 0. The number of nitrogens with zero attached hydrogens (tertiary/aromatic N) is 2. The molecule has 0 aromatic carbocycles. The first-order valence-electron chi connectivity index (χ1n) is 8.47. The minimum atomic E-state index is 0.316. The van der Waals surface area contributed by atoms with Crippen molar-refractivity contribution in [3.63, 3.8) is 0 Å². The molecule has 1 N–H and O–H groups in total. The number of piperazine rings is 1. The van der Waals surface area contributed by atoms with Crippen molar-refractivity contribution in [2.24, 2.45) is 11.3 Å². The molecule has 2 saturated heterocycles. The van der Waals surface area contributed by atoms with Gasteiger partial charge in [-0.15, -0.1) is 0 Å². The third kappa shape index (κ3) is 4.19. The van der Waals surface area contributed by atoms with Crippen LogP contribution in [-0.2, 0) is 0 Å². The molecule has 20 heavy (non-hydrogen) atoms. The van der Waals surface area contributed by atoms with E-state index in [1.54, 1.807) is 0 Å². The monoisotopic (exact) mass is 281 g/mol. The van der Waals surface area contributed by atoms with E-state index < -0.39 is 0 Å². The molecule has 2 rings (SSSR count). The molecule has 0 aliphatic carbocycles. The Bertz CT molecular complexity index is 292. The molecule has 0 unspecified atom stereocenters. The van der Waals surface area contributed by atoms with Gasteiger partial charge in [-0.1, -0.05) is 20.8 Å². The second-order valence-corrected chi connectivity index (χ2v) is 8.47. The van der Waals surface area contributed by atoms with Crippen molar-refractivity contribution in [3.05, 3.63) is 0 Å². The van der Waals surface area contributed by atoms with Crippen molar-refractivity contribution in [1.82, 2.24) is 15.1 Å². The fourth-order valence-electron chi connectivity index (χ4n) is 3.87. The quantitative estimate of drug-likeness (QED) is 0.857. The third-order valence-electron chi connectivity index (χ3n) is 5.40. The van der Waals surface area contributed by atoms with E-state index in [0.29, 0.717) is 11.0 Å². The molecule has 0 atom stereocenters. The molecule has 0 saturated carbocycles. The molecular weight excluding hydrogens is 246 g/mol. The van der Waals surface area contributed by atoms with E-state index in [1.807, 2.05) is 0 Å². The van der Waals surface area contributed by atoms with Crippen molar-refractivity contribution in [1.29, 1.82) is 0 Å². The summed E-state index contributed by atoms with van der Waals surface area (Å²) in [6.45, 7) is 20.6. The van der Waals surface area contributed by atoms with Crippen LogP contribution < -0.4 is 5.32 Å². The number of piperidine rings is 1. The maximum Gasteiger partial charge on any atom is 0.0281 e. The van der Waals surface area contributed by atoms with Gasteiger partial charge in [-0.05, 0) is 51.1 Å². The lowest BCUT2D eigenvalue weighted by molar-refractivity contribution is 0.0376. The molecule has 0 bridgehead atoms. The Morgan fingerprint density at radius 3 is 1.95 bits per heavy atom. The van der Waals surface area contributed by atoms with Crippen molar-refractivity contribution in [2.75, 3.05) is 45.8 Å². The smallest absolute Gasteiger partial charge is 0.0281 e. The van der Waals surface area contributed by atoms with E-state index in [1.165, 1.54) is 45.6 Å². The molecule has 2 aliphatic rings. The highest BCUT2D eigenvalue weighted by atomic mass is 15.3. The third-order valence-corrected chi connectivity index (χ3v) is 5.40. The Morgan fingerprint density at radius 2 is 1.45 bits per heavy atom. The first-order chi connectivity index (χ1) is 9.29. The second-order valence-electron chi connectivity index (χ2n) is 8.47. The van der Waals surface area contributed by atoms with Gasteiger partial charge in [0.2, 0.25) is 0 Å². The van der Waals surface area contributed by atoms with Gasteiger partial charge in [-0.2, -0.15) is 0 Å². The van der Waals surface area contributed by atoms with Crippen LogP contribution in [-0.4, -0.2) is 61.2 Å². The van der Waals surface area contributed by atoms with Gasteiger partial charge in [-0.3, -0.25) is 4.90 Å². The van der Waals surface area contributed by atoms with Crippen LogP contribution in [0.25, 0.3) is 0 Å². The molecule has 2 heterocycles. The van der Waals surface area contributed by atoms with E-state index >= 15 is 0 Å². The summed E-state index contributed by atoms with van der Waals surface area (Å²) in [5.41, 5.74) is 0.802. The maximum absolute atomic E-state index is 3.46. The lowest BCUT2D eigenvalue weighted by atomic mass is 9.75. The fraction of sp³-hybridized carbons (Fsp3) is 1.00. The average Bonchev–Trinajstić information content (AvgIpc) is 2.39. The molecule has 0 aromatic rings. The van der Waals surface area contributed by atoms with E-state index in [9.17, 15) is 0 Å². The van der Waals surface area contributed by atoms with Gasteiger partial charge in [-0.25, -0.2) is 0 Å². The van der Waals surface area contributed by atoms with Gasteiger partial charge >= 0.3 is 0 Å². The van der Waals surface area contributed by atoms with E-state index in [4.69, 9.17) is 0 Å². The van der Waals surface area contributed by atoms with Crippen LogP contribution in [0.3, 0.4) is 0 Å². The predicted molar refractivity (Wildman–Crippen MR) is 87.1 cm³/mol. The van der Waals surface area contributed by atoms with Crippen molar-refractivity contribution in [2.45, 2.75) is 53.0 Å². The topological polar surface area (TPSA) is 18.5 Å². The zero-order chi connectivity index (χ0) is 14.8. The molecule has 0 amide bonds. The maximum atomic E-state index is 3.46. The molecule has 2 fully saturated rings. The highest BCUT2D eigenvalue weighted by Crippen LogP contribution is 2.34. The van der Waals surface area contributed by atoms with Gasteiger partial charge in [0.25, 0.3) is 0 Å². The van der Waals surface area contributed by atoms with Crippen molar-refractivity contribution in [3.8, 4) is 0 Å². The van der Waals surface area contributed by atoms with Gasteiger partial charge in [0.05, 0.1) is 0 Å². The van der Waals surface area contributed by atoms with Gasteiger partial charge in [0.1, 0.15) is 0 Å². The first kappa shape index (κ1) is 16.3. The largest absolute Gasteiger partial charge is 0.314 e. The van der Waals surface area contributed by atoms with Crippen LogP contribution in [0.15, 0.2) is 0 Å². The first-order valence-corrected chi connectivity index (χ1v) is 8.47. The zero-order valence-corrected chi connectivity index (χ0v) is 14.3. The Balaban J connectivity index is 1.82. The summed E-state index contributed by atoms with van der Waals surface area (Å²) in [4.78, 5) is 5.36. The number of rotatable bonds is 3. The van der Waals surface area contributed by atoms with Crippen LogP contribution in [0.5, 0.6) is 0 Å². The number of hydrogen-bond donors (Lipinski definition) is 1. The summed E-state index contributed by atoms with van der Waals surface area (Å²) < 4.78 is 0. The molecule has 0 radical (unpaired) electrons. The molecule has 0 spiro atoms. The lowest BCUT2D eigenvalue weighted by Crippen LogP contribution is -2.58. The predicted octanol–water partition coefficient (Wildman–Crippen LogP) is 2.43. The summed E-state index contributed by atoms with van der Waals surface area (Å²) in [7, 11) is 0. The van der Waals surface area contributed by atoms with Crippen LogP contribution in [0.4, 0.5) is 0 Å². The molecule has 2 aliphatic heterocycles. The normalized spacial score (nSPS) is 25.1. The van der Waals surface area contributed by atoms with E-state index in [0.717, 1.165) is 19.0 Å². The Hall–Kier alpha value is -0.120. The van der Waals surface area contributed by atoms with Crippen LogP contribution in [0.1, 0.15) is 47.5 Å². The van der Waals surface area contributed by atoms with Crippen LogP contribution in [0.2, 0.25) is 0 Å².